The van der Waals surface area contributed by atoms with Gasteiger partial charge in [-0.25, -0.2) is 9.97 Å². The highest BCUT2D eigenvalue weighted by Gasteiger charge is 2.26. The Balaban J connectivity index is 1.39. The van der Waals surface area contributed by atoms with Crippen molar-refractivity contribution in [1.29, 1.82) is 5.26 Å². The second-order valence-electron chi connectivity index (χ2n) is 8.85. The van der Waals surface area contributed by atoms with Gasteiger partial charge in [0.05, 0.1) is 35.3 Å². The molecule has 5 heterocycles. The maximum atomic E-state index is 9.11. The summed E-state index contributed by atoms with van der Waals surface area (Å²) in [6.07, 6.45) is 7.22. The lowest BCUT2D eigenvalue weighted by Crippen LogP contribution is -2.25. The highest BCUT2D eigenvalue weighted by atomic mass is 15.2. The van der Waals surface area contributed by atoms with E-state index in [1.54, 1.807) is 0 Å². The minimum absolute atomic E-state index is 0.666. The van der Waals surface area contributed by atoms with E-state index in [4.69, 9.17) is 10.2 Å². The predicted molar refractivity (Wildman–Crippen MR) is 128 cm³/mol. The van der Waals surface area contributed by atoms with Gasteiger partial charge in [0.1, 0.15) is 5.82 Å². The van der Waals surface area contributed by atoms with Crippen LogP contribution in [0.3, 0.4) is 0 Å². The number of fused-ring (bicyclic) bond motifs is 5. The standard InChI is InChI=1S/C26H25N7/c1-28-14-19-8-10-31(15-19)25-7-6-23-22(30-25)17-32-16-21(20-4-2-18(13-27)3-5-20)12-24(32)26-29-9-11-33(23)26/h2-7,9,11-12,16,19,28H,8,10,14-15,17H2,1H3. The van der Waals surface area contributed by atoms with E-state index in [2.05, 4.69) is 54.8 Å². The summed E-state index contributed by atoms with van der Waals surface area (Å²) < 4.78 is 4.38. The lowest BCUT2D eigenvalue weighted by Gasteiger charge is -2.19. The number of anilines is 1. The molecule has 2 aliphatic rings. The van der Waals surface area contributed by atoms with E-state index in [0.29, 0.717) is 18.0 Å². The molecule has 1 atom stereocenters. The van der Waals surface area contributed by atoms with Gasteiger partial charge in [-0.15, -0.1) is 0 Å². The van der Waals surface area contributed by atoms with Crippen LogP contribution in [0.5, 0.6) is 0 Å². The van der Waals surface area contributed by atoms with Crippen LogP contribution in [0.2, 0.25) is 0 Å². The molecule has 7 heteroatoms. The molecule has 7 nitrogen and oxygen atoms in total. The number of pyridine rings is 1. The molecule has 2 aliphatic heterocycles. The SMILES string of the molecule is CNCC1CCN(c2ccc3c(n2)Cn2cc(-c4ccc(C#N)cc4)cc2-c2nccn2-3)C1. The number of hydrogen-bond donors (Lipinski definition) is 1. The van der Waals surface area contributed by atoms with Crippen LogP contribution in [-0.2, 0) is 6.54 Å². The van der Waals surface area contributed by atoms with E-state index < -0.39 is 0 Å². The zero-order chi connectivity index (χ0) is 22.4. The Morgan fingerprint density at radius 1 is 1.15 bits per heavy atom. The van der Waals surface area contributed by atoms with Gasteiger partial charge < -0.3 is 14.8 Å². The summed E-state index contributed by atoms with van der Waals surface area (Å²) >= 11 is 0. The third-order valence-electron chi connectivity index (χ3n) is 6.73. The molecular weight excluding hydrogens is 410 g/mol. The molecule has 1 aromatic carbocycles. The Morgan fingerprint density at radius 2 is 2.03 bits per heavy atom. The second-order valence-corrected chi connectivity index (χ2v) is 8.85. The third-order valence-corrected chi connectivity index (χ3v) is 6.73. The first-order valence-electron chi connectivity index (χ1n) is 11.4. The summed E-state index contributed by atoms with van der Waals surface area (Å²) in [5.74, 6) is 2.64. The lowest BCUT2D eigenvalue weighted by molar-refractivity contribution is 0.549. The number of nitrogens with zero attached hydrogens (tertiary/aromatic N) is 6. The van der Waals surface area contributed by atoms with Gasteiger partial charge in [0.25, 0.3) is 0 Å². The summed E-state index contributed by atoms with van der Waals surface area (Å²) in [5, 5.41) is 12.4. The molecule has 0 radical (unpaired) electrons. The first-order valence-corrected chi connectivity index (χ1v) is 11.4. The molecule has 4 aromatic rings. The first-order chi connectivity index (χ1) is 16.2. The summed E-state index contributed by atoms with van der Waals surface area (Å²) in [5.41, 5.74) is 6.06. The van der Waals surface area contributed by atoms with Gasteiger partial charge in [-0.2, -0.15) is 5.26 Å². The van der Waals surface area contributed by atoms with E-state index in [1.807, 2.05) is 43.7 Å². The average Bonchev–Trinajstić information content (AvgIpc) is 3.58. The van der Waals surface area contributed by atoms with E-state index in [0.717, 1.165) is 59.5 Å². The van der Waals surface area contributed by atoms with Crippen molar-refractivity contribution >= 4 is 5.82 Å². The Hall–Kier alpha value is -3.89. The molecule has 1 N–H and O–H groups in total. The number of aromatic nitrogens is 4. The van der Waals surface area contributed by atoms with Gasteiger partial charge >= 0.3 is 0 Å². The highest BCUT2D eigenvalue weighted by Crippen LogP contribution is 2.34. The van der Waals surface area contributed by atoms with Crippen LogP contribution >= 0.6 is 0 Å². The predicted octanol–water partition coefficient (Wildman–Crippen LogP) is 3.68. The molecular formula is C26H25N7. The van der Waals surface area contributed by atoms with E-state index >= 15 is 0 Å². The molecule has 0 bridgehead atoms. The topological polar surface area (TPSA) is 74.7 Å². The number of nitriles is 1. The van der Waals surface area contributed by atoms with Gasteiger partial charge in [0, 0.05) is 37.2 Å². The quantitative estimate of drug-likeness (QED) is 0.466. The van der Waals surface area contributed by atoms with Crippen LogP contribution < -0.4 is 10.2 Å². The van der Waals surface area contributed by atoms with Crippen molar-refractivity contribution in [2.45, 2.75) is 13.0 Å². The molecule has 6 rings (SSSR count). The highest BCUT2D eigenvalue weighted by molar-refractivity contribution is 5.72. The van der Waals surface area contributed by atoms with Crippen molar-refractivity contribution in [3.05, 3.63) is 72.3 Å². The molecule has 1 fully saturated rings. The number of rotatable bonds is 4. The zero-order valence-corrected chi connectivity index (χ0v) is 18.6. The van der Waals surface area contributed by atoms with E-state index in [1.165, 1.54) is 6.42 Å². The Bertz CT molecular complexity index is 1360. The Kier molecular flexibility index (Phi) is 4.74. The zero-order valence-electron chi connectivity index (χ0n) is 18.6. The van der Waals surface area contributed by atoms with Crippen LogP contribution in [0.15, 0.2) is 61.1 Å². The Labute approximate surface area is 192 Å². The van der Waals surface area contributed by atoms with Gasteiger partial charge in [-0.3, -0.25) is 4.57 Å². The third kappa shape index (κ3) is 3.40. The van der Waals surface area contributed by atoms with Crippen LogP contribution in [0.1, 0.15) is 17.7 Å². The van der Waals surface area contributed by atoms with Crippen molar-refractivity contribution in [3.63, 3.8) is 0 Å². The lowest BCUT2D eigenvalue weighted by atomic mass is 10.1. The second kappa shape index (κ2) is 7.91. The van der Waals surface area contributed by atoms with Crippen LogP contribution in [-0.4, -0.2) is 45.8 Å². The van der Waals surface area contributed by atoms with Crippen molar-refractivity contribution in [3.8, 4) is 34.4 Å². The molecule has 1 unspecified atom stereocenters. The Morgan fingerprint density at radius 3 is 2.85 bits per heavy atom. The summed E-state index contributed by atoms with van der Waals surface area (Å²) in [4.78, 5) is 12.2. The van der Waals surface area contributed by atoms with Crippen LogP contribution in [0, 0.1) is 17.2 Å². The average molecular weight is 436 g/mol. The molecule has 0 amide bonds. The largest absolute Gasteiger partial charge is 0.356 e. The van der Waals surface area contributed by atoms with Gasteiger partial charge in [0.2, 0.25) is 0 Å². The molecule has 0 aliphatic carbocycles. The van der Waals surface area contributed by atoms with Crippen molar-refractivity contribution < 1.29 is 0 Å². The normalized spacial score (nSPS) is 16.6. The van der Waals surface area contributed by atoms with Gasteiger partial charge in [-0.05, 0) is 61.8 Å². The molecule has 1 saturated heterocycles. The molecule has 0 spiro atoms. The molecule has 164 valence electrons. The summed E-state index contributed by atoms with van der Waals surface area (Å²) in [6.45, 7) is 3.82. The fourth-order valence-corrected chi connectivity index (χ4v) is 5.06. The van der Waals surface area contributed by atoms with Crippen molar-refractivity contribution in [2.75, 3.05) is 31.6 Å². The van der Waals surface area contributed by atoms with Crippen LogP contribution in [0.25, 0.3) is 28.3 Å². The summed E-state index contributed by atoms with van der Waals surface area (Å²) in [6, 6.07) is 16.4. The minimum Gasteiger partial charge on any atom is -0.356 e. The van der Waals surface area contributed by atoms with Gasteiger partial charge in [0.15, 0.2) is 5.82 Å². The molecule has 3 aromatic heterocycles. The fraction of sp³-hybridized carbons (Fsp3) is 0.269. The summed E-state index contributed by atoms with van der Waals surface area (Å²) in [7, 11) is 2.02. The van der Waals surface area contributed by atoms with Crippen LogP contribution in [0.4, 0.5) is 5.82 Å². The number of benzene rings is 1. The van der Waals surface area contributed by atoms with Gasteiger partial charge in [-0.1, -0.05) is 12.1 Å². The smallest absolute Gasteiger partial charge is 0.161 e. The van der Waals surface area contributed by atoms with E-state index in [-0.39, 0.29) is 0 Å². The minimum atomic E-state index is 0.666. The maximum absolute atomic E-state index is 9.11. The first kappa shape index (κ1) is 19.8. The maximum Gasteiger partial charge on any atom is 0.161 e. The monoisotopic (exact) mass is 435 g/mol. The molecule has 33 heavy (non-hydrogen) atoms. The van der Waals surface area contributed by atoms with E-state index in [9.17, 15) is 0 Å². The number of imidazole rings is 1. The number of nitrogens with one attached hydrogen (secondary N) is 1. The fourth-order valence-electron chi connectivity index (χ4n) is 5.06. The van der Waals surface area contributed by atoms with Crippen molar-refractivity contribution in [1.82, 2.24) is 24.4 Å². The van der Waals surface area contributed by atoms with Crippen molar-refractivity contribution in [2.24, 2.45) is 5.92 Å². The number of hydrogen-bond acceptors (Lipinski definition) is 5. The molecule has 0 saturated carbocycles.